The Morgan fingerprint density at radius 1 is 1.02 bits per heavy atom. The fourth-order valence-corrected chi connectivity index (χ4v) is 7.81. The van der Waals surface area contributed by atoms with E-state index in [2.05, 4.69) is 45.4 Å². The van der Waals surface area contributed by atoms with Gasteiger partial charge in [-0.15, -0.1) is 0 Å². The maximum absolute atomic E-state index is 14.2. The van der Waals surface area contributed by atoms with Gasteiger partial charge in [0, 0.05) is 35.6 Å². The first-order chi connectivity index (χ1) is 29.4. The molecule has 0 bridgehead atoms. The van der Waals surface area contributed by atoms with Crippen LogP contribution in [-0.4, -0.2) is 72.0 Å². The molecule has 0 radical (unpaired) electrons. The molecule has 8 rings (SSSR count). The van der Waals surface area contributed by atoms with Gasteiger partial charge in [-0.3, -0.25) is 20.2 Å². The number of hydrogen-bond donors (Lipinski definition) is 7. The number of aromatic nitrogens is 1. The van der Waals surface area contributed by atoms with E-state index in [0.717, 1.165) is 5.57 Å². The third-order valence-electron chi connectivity index (χ3n) is 10.8. The van der Waals surface area contributed by atoms with Gasteiger partial charge in [0.15, 0.2) is 11.6 Å². The van der Waals surface area contributed by atoms with E-state index in [1.54, 1.807) is 31.2 Å². The smallest absolute Gasteiger partial charge is 0.272 e. The molecular weight excluding hydrogens is 792 g/mol. The van der Waals surface area contributed by atoms with Gasteiger partial charge in [0.05, 0.1) is 30.0 Å². The van der Waals surface area contributed by atoms with Crippen LogP contribution in [-0.2, 0) is 9.63 Å². The number of hydroxylamine groups is 2. The van der Waals surface area contributed by atoms with Crippen molar-refractivity contribution in [2.75, 3.05) is 24.8 Å². The van der Waals surface area contributed by atoms with Gasteiger partial charge in [-0.05, 0) is 83.7 Å². The second-order valence-electron chi connectivity index (χ2n) is 14.9. The number of para-hydroxylation sites is 1. The van der Waals surface area contributed by atoms with E-state index in [0.29, 0.717) is 29.4 Å². The summed E-state index contributed by atoms with van der Waals surface area (Å²) in [7, 11) is 0. The molecule has 13 nitrogen and oxygen atoms in total. The summed E-state index contributed by atoms with van der Waals surface area (Å²) < 4.78 is 51.9. The number of H-pyrrole nitrogens is 1. The molecule has 5 aromatic rings. The number of ketones is 1. The van der Waals surface area contributed by atoms with Gasteiger partial charge in [-0.1, -0.05) is 60.7 Å². The minimum absolute atomic E-state index is 0.0197. The lowest BCUT2D eigenvalue weighted by Crippen LogP contribution is -2.42. The maximum atomic E-state index is 14.2. The van der Waals surface area contributed by atoms with Crippen molar-refractivity contribution in [3.8, 4) is 22.6 Å². The molecule has 1 saturated heterocycles. The first-order valence-electron chi connectivity index (χ1n) is 19.5. The first kappa shape index (κ1) is 41.0. The largest absolute Gasteiger partial charge is 0.485 e. The van der Waals surface area contributed by atoms with Gasteiger partial charge in [0.1, 0.15) is 29.6 Å². The van der Waals surface area contributed by atoms with E-state index < -0.39 is 48.5 Å². The van der Waals surface area contributed by atoms with Crippen LogP contribution in [0, 0.1) is 11.2 Å². The molecule has 0 spiro atoms. The zero-order valence-electron chi connectivity index (χ0n) is 32.8. The zero-order valence-corrected chi connectivity index (χ0v) is 32.8. The van der Waals surface area contributed by atoms with Crippen LogP contribution in [0.5, 0.6) is 11.5 Å². The Morgan fingerprint density at radius 3 is 2.43 bits per heavy atom. The van der Waals surface area contributed by atoms with Gasteiger partial charge < -0.3 is 35.7 Å². The molecule has 3 unspecified atom stereocenters. The number of allylic oxidation sites excluding steroid dienone is 1. The van der Waals surface area contributed by atoms with Gasteiger partial charge in [0.2, 0.25) is 5.78 Å². The summed E-state index contributed by atoms with van der Waals surface area (Å²) in [5.41, 5.74) is 14.1. The maximum Gasteiger partial charge on any atom is 0.272 e. The number of nitrogens with zero attached hydrogens (tertiary/aromatic N) is 1. The average molecular weight is 834 g/mol. The summed E-state index contributed by atoms with van der Waals surface area (Å²) in [5.74, 6) is -2.33. The molecule has 2 heterocycles. The lowest BCUT2D eigenvalue weighted by molar-refractivity contribution is -0.125. The van der Waals surface area contributed by atoms with Gasteiger partial charge in [0.25, 0.3) is 12.3 Å². The van der Waals surface area contributed by atoms with Crippen molar-refractivity contribution in [2.24, 2.45) is 5.73 Å². The molecule has 1 amide bonds. The second kappa shape index (κ2) is 17.5. The second-order valence-corrected chi connectivity index (χ2v) is 14.9. The van der Waals surface area contributed by atoms with Crippen LogP contribution in [0.4, 0.5) is 18.9 Å². The average Bonchev–Trinajstić information content (AvgIpc) is 4.05. The van der Waals surface area contributed by atoms with Crippen LogP contribution in [0.2, 0.25) is 0 Å². The zero-order chi connectivity index (χ0) is 42.8. The number of hydrogen-bond acceptors (Lipinski definition) is 10. The summed E-state index contributed by atoms with van der Waals surface area (Å²) in [5, 5.41) is 26.2. The highest BCUT2D eigenvalue weighted by Crippen LogP contribution is 2.44. The van der Waals surface area contributed by atoms with E-state index in [1.807, 2.05) is 24.3 Å². The minimum Gasteiger partial charge on any atom is -0.485 e. The summed E-state index contributed by atoms with van der Waals surface area (Å²) in [4.78, 5) is 36.3. The molecule has 61 heavy (non-hydrogen) atoms. The number of aromatic amines is 1. The van der Waals surface area contributed by atoms with Crippen molar-refractivity contribution in [2.45, 2.75) is 43.8 Å². The Labute approximate surface area is 348 Å². The Kier molecular flexibility index (Phi) is 11.8. The van der Waals surface area contributed by atoms with Gasteiger partial charge in [-0.25, -0.2) is 13.2 Å². The summed E-state index contributed by atoms with van der Waals surface area (Å²) in [6.45, 7) is 1.46. The molecule has 4 aromatic carbocycles. The lowest BCUT2D eigenvalue weighted by atomic mass is 9.98. The van der Waals surface area contributed by atoms with Crippen molar-refractivity contribution in [3.63, 3.8) is 0 Å². The topological polar surface area (TPSA) is 187 Å². The number of alkyl halides is 2. The molecule has 314 valence electrons. The summed E-state index contributed by atoms with van der Waals surface area (Å²) in [6, 6.07) is 24.7. The van der Waals surface area contributed by atoms with E-state index in [9.17, 15) is 28.0 Å². The summed E-state index contributed by atoms with van der Waals surface area (Å²) >= 11 is 0. The van der Waals surface area contributed by atoms with Crippen molar-refractivity contribution in [3.05, 3.63) is 149 Å². The predicted octanol–water partition coefficient (Wildman–Crippen LogP) is 6.62. The number of ether oxygens (including phenoxy) is 2. The Hall–Kier alpha value is -6.72. The van der Waals surface area contributed by atoms with Gasteiger partial charge >= 0.3 is 0 Å². The number of fused-ring (bicyclic) bond motifs is 4. The molecule has 1 aliphatic heterocycles. The molecule has 16 heteroatoms. The van der Waals surface area contributed by atoms with Gasteiger partial charge in [-0.2, -0.15) is 10.5 Å². The van der Waals surface area contributed by atoms with E-state index in [4.69, 9.17) is 25.5 Å². The molecule has 3 aliphatic rings. The highest BCUT2D eigenvalue weighted by atomic mass is 19.3. The number of carbonyl (C=O) groups excluding carboxylic acids is 2. The lowest BCUT2D eigenvalue weighted by Gasteiger charge is -2.22. The third-order valence-corrected chi connectivity index (χ3v) is 10.8. The van der Waals surface area contributed by atoms with Crippen LogP contribution in [0.1, 0.15) is 40.9 Å². The van der Waals surface area contributed by atoms with Crippen LogP contribution in [0.25, 0.3) is 22.0 Å². The first-order valence-corrected chi connectivity index (χ1v) is 19.5. The predicted molar refractivity (Wildman–Crippen MR) is 222 cm³/mol. The number of halogens is 3. The number of anilines is 1. The molecule has 1 aromatic heterocycles. The number of amidine groups is 1. The van der Waals surface area contributed by atoms with Crippen LogP contribution in [0.15, 0.2) is 126 Å². The van der Waals surface area contributed by atoms with E-state index in [-0.39, 0.29) is 52.4 Å². The van der Waals surface area contributed by atoms with Crippen molar-refractivity contribution in [1.29, 1.82) is 5.41 Å². The van der Waals surface area contributed by atoms with E-state index in [1.165, 1.54) is 58.8 Å². The third kappa shape index (κ3) is 8.65. The number of carbonyl (C=O) groups is 2. The molecule has 2 aliphatic carbocycles. The van der Waals surface area contributed by atoms with Crippen LogP contribution < -0.4 is 36.4 Å². The number of Topliss-reactive ketones (excluding diaryl/α,β-unsaturated/α-hetero) is 1. The fraction of sp³-hybridized carbons (Fsp3) is 0.222. The molecule has 0 saturated carbocycles. The molecular formula is C45H42F3N7O6. The van der Waals surface area contributed by atoms with Crippen LogP contribution in [0.3, 0.4) is 0 Å². The normalized spacial score (nSPS) is 18.5. The highest BCUT2D eigenvalue weighted by Gasteiger charge is 2.35. The number of rotatable bonds is 16. The molecule has 3 atom stereocenters. The Bertz CT molecular complexity index is 2560. The summed E-state index contributed by atoms with van der Waals surface area (Å²) in [6.07, 6.45) is 2.04. The minimum atomic E-state index is -2.87. The Balaban J connectivity index is 0.942. The number of amides is 1. The quantitative estimate of drug-likeness (QED) is 0.0142. The molecule has 8 N–H and O–H groups in total. The van der Waals surface area contributed by atoms with Crippen LogP contribution >= 0.6 is 0 Å². The monoisotopic (exact) mass is 833 g/mol. The highest BCUT2D eigenvalue weighted by molar-refractivity contribution is 6.26. The number of benzene rings is 4. The number of nitrogens with two attached hydrogens (primary N) is 1. The Morgan fingerprint density at radius 2 is 1.72 bits per heavy atom. The van der Waals surface area contributed by atoms with Crippen molar-refractivity contribution >= 4 is 34.1 Å². The fourth-order valence-electron chi connectivity index (χ4n) is 7.81. The van der Waals surface area contributed by atoms with Crippen molar-refractivity contribution in [1.82, 2.24) is 21.1 Å². The number of nitrogens with one attached hydrogen (secondary N) is 5. The SMILES string of the molecule is CC1=CC(Oc2ccccc2F)=CC1NC=C(C(=N)N)C(=O)c1cc2cc(OCC(F)F)c(N(O)C(=O)C3CC(NOCC4c5ccccc5-c5ccccc54)CN3)cc2[nH]1. The van der Waals surface area contributed by atoms with Crippen molar-refractivity contribution < 1.29 is 42.3 Å². The molecule has 1 fully saturated rings. The van der Waals surface area contributed by atoms with E-state index >= 15 is 0 Å². The standard InChI is InChI=1S/C45H42F3N7O6/c1-24-14-27(61-40-13-7-6-12-34(40)46)18-35(24)52-21-32(44(49)50)43(56)37-15-25-16-41(59-23-42(47)48)39(19-36(25)53-37)55(58)45(57)38-17-26(20-51-38)54-60-22-33-30-10-4-2-8-28(30)29-9-3-5-11-31(29)33/h2-16,18-19,21,26,33,35,38,42,51-54,58H,17,20,22-23H2,1H3,(H3,49,50).